The summed E-state index contributed by atoms with van der Waals surface area (Å²) >= 11 is 0. The van der Waals surface area contributed by atoms with Gasteiger partial charge < -0.3 is 5.73 Å². The van der Waals surface area contributed by atoms with Gasteiger partial charge in [0, 0.05) is 5.92 Å². The van der Waals surface area contributed by atoms with Crippen LogP contribution in [0, 0.1) is 30.1 Å². The fourth-order valence-electron chi connectivity index (χ4n) is 0.815. The van der Waals surface area contributed by atoms with Crippen LogP contribution in [0.3, 0.4) is 0 Å². The molecule has 0 aliphatic carbocycles. The highest BCUT2D eigenvalue weighted by Gasteiger charge is 1.95. The van der Waals surface area contributed by atoms with E-state index in [4.69, 9.17) is 11.0 Å². The molecule has 0 saturated heterocycles. The second-order valence-electron chi connectivity index (χ2n) is 2.30. The third-order valence-corrected chi connectivity index (χ3v) is 1.34. The number of pyridine rings is 1. The van der Waals surface area contributed by atoms with Gasteiger partial charge in [-0.05, 0) is 24.5 Å². The first-order chi connectivity index (χ1) is 5.74. The molecule has 1 aromatic heterocycles. The van der Waals surface area contributed by atoms with Crippen molar-refractivity contribution in [3.05, 3.63) is 23.5 Å². The van der Waals surface area contributed by atoms with Crippen molar-refractivity contribution in [2.75, 3.05) is 5.73 Å². The number of aryl methyl sites for hydroxylation is 1. The number of anilines is 1. The van der Waals surface area contributed by atoms with Crippen molar-refractivity contribution in [2.45, 2.75) is 6.92 Å². The molecule has 12 heavy (non-hydrogen) atoms. The van der Waals surface area contributed by atoms with Gasteiger partial charge in [-0.3, -0.25) is 0 Å². The van der Waals surface area contributed by atoms with Gasteiger partial charge in [0.15, 0.2) is 6.07 Å². The van der Waals surface area contributed by atoms with Crippen molar-refractivity contribution >= 4 is 5.69 Å². The smallest absolute Gasteiger partial charge is 0.152 e. The molecule has 58 valence electrons. The lowest BCUT2D eigenvalue weighted by molar-refractivity contribution is 1.23. The molecular formula is C9H7N3. The lowest BCUT2D eigenvalue weighted by Gasteiger charge is -1.96. The highest BCUT2D eigenvalue weighted by atomic mass is 14.7. The van der Waals surface area contributed by atoms with E-state index in [1.54, 1.807) is 12.1 Å². The fraction of sp³-hybridized carbons (Fsp3) is 0.111. The van der Waals surface area contributed by atoms with Gasteiger partial charge in [-0.15, -0.1) is 0 Å². The maximum atomic E-state index is 8.20. The summed E-state index contributed by atoms with van der Waals surface area (Å²) in [6.45, 7) is 1.85. The quantitative estimate of drug-likeness (QED) is 0.568. The zero-order valence-electron chi connectivity index (χ0n) is 6.63. The van der Waals surface area contributed by atoms with Crippen LogP contribution >= 0.6 is 0 Å². The third kappa shape index (κ3) is 1.74. The highest BCUT2D eigenvalue weighted by Crippen LogP contribution is 2.06. The van der Waals surface area contributed by atoms with Crippen LogP contribution in [0.25, 0.3) is 0 Å². The average Bonchev–Trinajstić information content (AvgIpc) is 2.03. The molecule has 3 nitrogen and oxygen atoms in total. The van der Waals surface area contributed by atoms with Crippen LogP contribution in [0.5, 0.6) is 0 Å². The first kappa shape index (κ1) is 8.10. The molecular weight excluding hydrogens is 150 g/mol. The Morgan fingerprint density at radius 3 is 2.92 bits per heavy atom. The zero-order valence-corrected chi connectivity index (χ0v) is 6.63. The van der Waals surface area contributed by atoms with Crippen LogP contribution in [-0.2, 0) is 0 Å². The Balaban J connectivity index is 3.12. The average molecular weight is 157 g/mol. The normalized spacial score (nSPS) is 8.00. The Morgan fingerprint density at radius 1 is 1.58 bits per heavy atom. The number of nitriles is 1. The van der Waals surface area contributed by atoms with E-state index < -0.39 is 0 Å². The summed E-state index contributed by atoms with van der Waals surface area (Å²) in [6, 6.07) is 3.50. The van der Waals surface area contributed by atoms with E-state index in [9.17, 15) is 0 Å². The van der Waals surface area contributed by atoms with Crippen LogP contribution in [0.1, 0.15) is 11.3 Å². The number of hydrogen-bond acceptors (Lipinski definition) is 3. The molecule has 3 heteroatoms. The van der Waals surface area contributed by atoms with Crippen LogP contribution in [0.4, 0.5) is 5.69 Å². The summed E-state index contributed by atoms with van der Waals surface area (Å²) in [4.78, 5) is 3.97. The Hall–Kier alpha value is -2.00. The molecule has 0 amide bonds. The third-order valence-electron chi connectivity index (χ3n) is 1.34. The minimum absolute atomic E-state index is 0.603. The topological polar surface area (TPSA) is 62.7 Å². The predicted octanol–water partition coefficient (Wildman–Crippen LogP) is 0.847. The lowest BCUT2D eigenvalue weighted by Crippen LogP contribution is -1.92. The molecule has 0 aliphatic rings. The maximum absolute atomic E-state index is 8.20. The molecule has 1 aromatic rings. The molecule has 1 rings (SSSR count). The van der Waals surface area contributed by atoms with E-state index in [1.807, 2.05) is 6.92 Å². The minimum atomic E-state index is 0.603. The van der Waals surface area contributed by atoms with Crippen LogP contribution < -0.4 is 5.73 Å². The second-order valence-corrected chi connectivity index (χ2v) is 2.30. The van der Waals surface area contributed by atoms with E-state index >= 15 is 0 Å². The molecule has 2 N–H and O–H groups in total. The Labute approximate surface area is 70.8 Å². The van der Waals surface area contributed by atoms with Gasteiger partial charge in [-0.25, -0.2) is 4.98 Å². The van der Waals surface area contributed by atoms with E-state index in [0.29, 0.717) is 11.4 Å². The summed E-state index contributed by atoms with van der Waals surface area (Å²) < 4.78 is 0. The number of aromatic nitrogens is 1. The van der Waals surface area contributed by atoms with Crippen molar-refractivity contribution in [3.8, 4) is 17.9 Å². The van der Waals surface area contributed by atoms with Gasteiger partial charge in [-0.2, -0.15) is 5.26 Å². The molecule has 0 radical (unpaired) electrons. The molecule has 0 atom stereocenters. The van der Waals surface area contributed by atoms with Gasteiger partial charge in [-0.1, -0.05) is 0 Å². The lowest BCUT2D eigenvalue weighted by atomic mass is 10.2. The maximum Gasteiger partial charge on any atom is 0.152 e. The van der Waals surface area contributed by atoms with Crippen LogP contribution in [0.15, 0.2) is 12.3 Å². The van der Waals surface area contributed by atoms with E-state index in [2.05, 4.69) is 16.8 Å². The number of hydrogen-bond donors (Lipinski definition) is 1. The summed E-state index contributed by atoms with van der Waals surface area (Å²) in [7, 11) is 0. The van der Waals surface area contributed by atoms with Gasteiger partial charge in [0.05, 0.1) is 11.9 Å². The van der Waals surface area contributed by atoms with Crippen LogP contribution in [-0.4, -0.2) is 4.98 Å². The highest BCUT2D eigenvalue weighted by molar-refractivity contribution is 5.45. The molecule has 0 fully saturated rings. The summed E-state index contributed by atoms with van der Waals surface area (Å²) in [5.41, 5.74) is 7.58. The molecule has 0 spiro atoms. The first-order valence-corrected chi connectivity index (χ1v) is 3.36. The first-order valence-electron chi connectivity index (χ1n) is 3.36. The largest absolute Gasteiger partial charge is 0.397 e. The van der Waals surface area contributed by atoms with Crippen molar-refractivity contribution in [1.82, 2.24) is 4.98 Å². The molecule has 0 aromatic carbocycles. The molecule has 0 unspecified atom stereocenters. The molecule has 0 aliphatic heterocycles. The van der Waals surface area contributed by atoms with Crippen molar-refractivity contribution < 1.29 is 0 Å². The number of rotatable bonds is 0. The van der Waals surface area contributed by atoms with E-state index in [-0.39, 0.29) is 0 Å². The van der Waals surface area contributed by atoms with Crippen molar-refractivity contribution in [3.63, 3.8) is 0 Å². The van der Waals surface area contributed by atoms with Gasteiger partial charge in [0.2, 0.25) is 0 Å². The second kappa shape index (κ2) is 3.41. The minimum Gasteiger partial charge on any atom is -0.397 e. The SMILES string of the molecule is Cc1cc(N)cnc1C#CC#N. The number of nitrogen functional groups attached to an aromatic ring is 1. The number of nitrogens with two attached hydrogens (primary N) is 1. The monoisotopic (exact) mass is 157 g/mol. The molecule has 0 bridgehead atoms. The summed E-state index contributed by atoms with van der Waals surface area (Å²) in [5, 5.41) is 8.20. The Bertz CT molecular complexity index is 390. The zero-order chi connectivity index (χ0) is 8.97. The predicted molar refractivity (Wildman–Crippen MR) is 45.9 cm³/mol. The molecule has 0 saturated carbocycles. The van der Waals surface area contributed by atoms with E-state index in [0.717, 1.165) is 5.56 Å². The summed E-state index contributed by atoms with van der Waals surface area (Å²) in [6.07, 6.45) is 1.52. The van der Waals surface area contributed by atoms with Crippen LogP contribution in [0.2, 0.25) is 0 Å². The fourth-order valence-corrected chi connectivity index (χ4v) is 0.815. The van der Waals surface area contributed by atoms with Crippen molar-refractivity contribution in [1.29, 1.82) is 5.26 Å². The van der Waals surface area contributed by atoms with Gasteiger partial charge >= 0.3 is 0 Å². The van der Waals surface area contributed by atoms with E-state index in [1.165, 1.54) is 6.20 Å². The van der Waals surface area contributed by atoms with Gasteiger partial charge in [0.1, 0.15) is 5.69 Å². The van der Waals surface area contributed by atoms with Crippen molar-refractivity contribution in [2.24, 2.45) is 0 Å². The standard InChI is InChI=1S/C9H7N3/c1-7-5-8(11)6-12-9(7)3-2-4-10/h5-6H,11H2,1H3. The molecule has 1 heterocycles. The van der Waals surface area contributed by atoms with Gasteiger partial charge in [0.25, 0.3) is 0 Å². The summed E-state index contributed by atoms with van der Waals surface area (Å²) in [5.74, 6) is 4.89. The number of nitrogens with zero attached hydrogens (tertiary/aromatic N) is 2. The Morgan fingerprint density at radius 2 is 2.33 bits per heavy atom. The Kier molecular flexibility index (Phi) is 2.30.